The van der Waals surface area contributed by atoms with Crippen molar-refractivity contribution in [2.24, 2.45) is 17.8 Å². The number of nitrogens with zero attached hydrogens (tertiary/aromatic N) is 1. The monoisotopic (exact) mass is 595 g/mol. The van der Waals surface area contributed by atoms with Gasteiger partial charge in [0.15, 0.2) is 5.89 Å². The first-order valence-electron chi connectivity index (χ1n) is 15.1. The zero-order valence-electron chi connectivity index (χ0n) is 25.9. The molecular weight excluding hydrogens is 550 g/mol. The Balaban J connectivity index is 1.49. The maximum absolute atomic E-state index is 12.9. The fourth-order valence-electron chi connectivity index (χ4n) is 5.72. The fraction of sp³-hybridized carbons (Fsp3) is 0.559. The van der Waals surface area contributed by atoms with Gasteiger partial charge in [0.05, 0.1) is 12.2 Å². The van der Waals surface area contributed by atoms with Crippen LogP contribution in [0.4, 0.5) is 0 Å². The second kappa shape index (κ2) is 14.0. The van der Waals surface area contributed by atoms with Gasteiger partial charge in [-0.25, -0.2) is 9.78 Å². The molecule has 0 aromatic carbocycles. The second-order valence-electron chi connectivity index (χ2n) is 12.4. The predicted octanol–water partition coefficient (Wildman–Crippen LogP) is 5.18. The third-order valence-electron chi connectivity index (χ3n) is 8.76. The molecule has 4 rings (SSSR count). The lowest BCUT2D eigenvalue weighted by molar-refractivity contribution is -0.158. The normalized spacial score (nSPS) is 35.4. The van der Waals surface area contributed by atoms with Crippen LogP contribution in [0.15, 0.2) is 64.4 Å². The third-order valence-corrected chi connectivity index (χ3v) is 8.76. The Morgan fingerprint density at radius 2 is 1.95 bits per heavy atom. The molecule has 0 radical (unpaired) electrons. The van der Waals surface area contributed by atoms with Crippen LogP contribution in [0.5, 0.6) is 0 Å². The average molecular weight is 596 g/mol. The summed E-state index contributed by atoms with van der Waals surface area (Å²) in [6.45, 7) is 11.2. The number of hydrogen-bond acceptors (Lipinski definition) is 9. The summed E-state index contributed by atoms with van der Waals surface area (Å²) in [6.07, 6.45) is 14.5. The minimum Gasteiger partial charge on any atom is -0.462 e. The topological polar surface area (TPSA) is 132 Å². The number of allylic oxidation sites excluding steroid dienone is 5. The summed E-state index contributed by atoms with van der Waals surface area (Å²) < 4.78 is 22.6. The fourth-order valence-corrected chi connectivity index (χ4v) is 5.72. The van der Waals surface area contributed by atoms with Gasteiger partial charge in [-0.05, 0) is 56.8 Å². The number of cyclic esters (lactones) is 1. The summed E-state index contributed by atoms with van der Waals surface area (Å²) in [5, 5.41) is 22.4. The van der Waals surface area contributed by atoms with Gasteiger partial charge in [-0.1, -0.05) is 50.3 Å². The van der Waals surface area contributed by atoms with Crippen LogP contribution in [-0.4, -0.2) is 63.3 Å². The quantitative estimate of drug-likeness (QED) is 0.198. The Hall–Kier alpha value is -3.27. The highest BCUT2D eigenvalue weighted by Gasteiger charge is 2.57. The van der Waals surface area contributed by atoms with E-state index in [0.717, 1.165) is 11.3 Å². The van der Waals surface area contributed by atoms with Crippen molar-refractivity contribution >= 4 is 18.0 Å². The molecule has 0 amide bonds. The number of ether oxygens (including phenoxy) is 3. The molecule has 3 aliphatic heterocycles. The van der Waals surface area contributed by atoms with Crippen molar-refractivity contribution in [1.82, 2.24) is 4.98 Å². The first-order valence-corrected chi connectivity index (χ1v) is 15.1. The summed E-state index contributed by atoms with van der Waals surface area (Å²) in [4.78, 5) is 29.4. The number of esters is 2. The van der Waals surface area contributed by atoms with E-state index in [1.54, 1.807) is 26.2 Å². The molecule has 0 spiro atoms. The zero-order chi connectivity index (χ0) is 31.3. The number of hydrogen-bond donors (Lipinski definition) is 2. The van der Waals surface area contributed by atoms with E-state index in [4.69, 9.17) is 18.6 Å². The third kappa shape index (κ3) is 8.65. The number of epoxide rings is 1. The van der Waals surface area contributed by atoms with Crippen LogP contribution in [0.25, 0.3) is 6.08 Å². The highest BCUT2D eigenvalue weighted by molar-refractivity contribution is 5.82. The highest BCUT2D eigenvalue weighted by atomic mass is 16.6. The van der Waals surface area contributed by atoms with Gasteiger partial charge in [0.2, 0.25) is 0 Å². The maximum atomic E-state index is 12.9. The van der Waals surface area contributed by atoms with Gasteiger partial charge in [-0.2, -0.15) is 0 Å². The molecule has 3 aliphatic rings. The van der Waals surface area contributed by atoms with Crippen molar-refractivity contribution < 1.29 is 38.4 Å². The summed E-state index contributed by atoms with van der Waals surface area (Å²) >= 11 is 0. The number of fused-ring (bicyclic) bond motifs is 3. The Labute approximate surface area is 254 Å². The molecule has 9 heteroatoms. The Kier molecular flexibility index (Phi) is 10.6. The number of aryl methyl sites for hydroxylation is 1. The van der Waals surface area contributed by atoms with Gasteiger partial charge in [-0.15, -0.1) is 0 Å². The number of rotatable bonds is 6. The summed E-state index contributed by atoms with van der Waals surface area (Å²) in [5.74, 6) is -0.667. The lowest BCUT2D eigenvalue weighted by atomic mass is 9.85. The van der Waals surface area contributed by atoms with Crippen LogP contribution in [-0.2, 0) is 23.8 Å². The molecule has 2 bridgehead atoms. The molecule has 2 unspecified atom stereocenters. The zero-order valence-corrected chi connectivity index (χ0v) is 25.9. The summed E-state index contributed by atoms with van der Waals surface area (Å²) in [6, 6.07) is 0. The molecule has 1 aromatic rings. The van der Waals surface area contributed by atoms with Crippen molar-refractivity contribution in [3.8, 4) is 0 Å². The highest BCUT2D eigenvalue weighted by Crippen LogP contribution is 2.43. The number of carbonyl (C=O) groups is 2. The SMILES string of the molecule is CC(/C=C/C=C(\C)[C@H](O)[C@@H](C)C1C[C@H](O)C2(C)O[C@@H]2/C=C/[C@@H](C)[C@H]2C[C@@H](C/C=C/C(=O)O1)CC(=O)O2)=C\c1coc(C)n1. The van der Waals surface area contributed by atoms with Gasteiger partial charge in [0.1, 0.15) is 35.9 Å². The van der Waals surface area contributed by atoms with Crippen LogP contribution in [0.3, 0.4) is 0 Å². The van der Waals surface area contributed by atoms with Gasteiger partial charge in [0, 0.05) is 37.7 Å². The lowest BCUT2D eigenvalue weighted by Crippen LogP contribution is -2.40. The molecule has 0 saturated carbocycles. The van der Waals surface area contributed by atoms with Crippen molar-refractivity contribution in [3.05, 3.63) is 71.5 Å². The number of aliphatic hydroxyl groups is 2. The van der Waals surface area contributed by atoms with Crippen molar-refractivity contribution in [2.75, 3.05) is 0 Å². The number of oxazole rings is 1. The largest absolute Gasteiger partial charge is 0.462 e. The first-order chi connectivity index (χ1) is 20.4. The minimum absolute atomic E-state index is 0.0169. The van der Waals surface area contributed by atoms with E-state index in [9.17, 15) is 19.8 Å². The van der Waals surface area contributed by atoms with E-state index in [0.29, 0.717) is 30.7 Å². The number of aliphatic hydroxyl groups excluding tert-OH is 2. The second-order valence-corrected chi connectivity index (χ2v) is 12.4. The minimum atomic E-state index is -0.948. The van der Waals surface area contributed by atoms with Crippen LogP contribution < -0.4 is 0 Å². The molecule has 4 heterocycles. The maximum Gasteiger partial charge on any atom is 0.330 e. The molecule has 2 fully saturated rings. The van der Waals surface area contributed by atoms with E-state index in [-0.39, 0.29) is 36.4 Å². The molecule has 2 saturated heterocycles. The van der Waals surface area contributed by atoms with Gasteiger partial charge >= 0.3 is 11.9 Å². The van der Waals surface area contributed by atoms with Crippen LogP contribution in [0.2, 0.25) is 0 Å². The van der Waals surface area contributed by atoms with E-state index >= 15 is 0 Å². The molecule has 9 atom stereocenters. The number of aromatic nitrogens is 1. The molecular formula is C34H45NO8. The van der Waals surface area contributed by atoms with Crippen LogP contribution in [0.1, 0.15) is 71.9 Å². The lowest BCUT2D eigenvalue weighted by Gasteiger charge is -2.31. The molecule has 234 valence electrons. The van der Waals surface area contributed by atoms with E-state index < -0.39 is 35.8 Å². The van der Waals surface area contributed by atoms with Crippen LogP contribution >= 0.6 is 0 Å². The van der Waals surface area contributed by atoms with E-state index in [1.165, 1.54) is 6.08 Å². The van der Waals surface area contributed by atoms with Crippen molar-refractivity contribution in [3.63, 3.8) is 0 Å². The predicted molar refractivity (Wildman–Crippen MR) is 161 cm³/mol. The first kappa shape index (κ1) is 32.6. The van der Waals surface area contributed by atoms with Crippen molar-refractivity contribution in [2.45, 2.75) is 103 Å². The van der Waals surface area contributed by atoms with Gasteiger partial charge in [-0.3, -0.25) is 4.79 Å². The molecule has 1 aromatic heterocycles. The molecule has 2 N–H and O–H groups in total. The smallest absolute Gasteiger partial charge is 0.330 e. The molecule has 9 nitrogen and oxygen atoms in total. The van der Waals surface area contributed by atoms with Gasteiger partial charge in [0.25, 0.3) is 0 Å². The molecule has 0 aliphatic carbocycles. The Morgan fingerprint density at radius 3 is 2.67 bits per heavy atom. The van der Waals surface area contributed by atoms with Gasteiger partial charge < -0.3 is 28.8 Å². The van der Waals surface area contributed by atoms with Crippen LogP contribution in [0, 0.1) is 24.7 Å². The standard InChI is InChI=1S/C34H45NO8/c1-20(15-26-19-40-24(5)35-26)9-7-10-22(3)33(39)23(4)28-18-29(36)34(6)30(43-34)14-13-21(2)27-16-25(17-32(38)41-27)11-8-12-31(37)42-28/h7-10,12-15,19,21,23,25,27-30,33,36,39H,11,16-18H2,1-6H3/b9-7+,12-8+,14-13+,20-15+,22-10+/t21-,23+,25-,27-,28?,29+,30-,33+,34?/m1/s1. The van der Waals surface area contributed by atoms with E-state index in [2.05, 4.69) is 4.98 Å². The Morgan fingerprint density at radius 1 is 1.19 bits per heavy atom. The van der Waals surface area contributed by atoms with E-state index in [1.807, 2.05) is 64.2 Å². The number of carbonyl (C=O) groups excluding carboxylic acids is 2. The Bertz CT molecular complexity index is 1300. The average Bonchev–Trinajstić information content (AvgIpc) is 3.46. The molecule has 43 heavy (non-hydrogen) atoms. The van der Waals surface area contributed by atoms with Crippen molar-refractivity contribution in [1.29, 1.82) is 0 Å². The summed E-state index contributed by atoms with van der Waals surface area (Å²) in [5.41, 5.74) is 1.51. The summed E-state index contributed by atoms with van der Waals surface area (Å²) in [7, 11) is 0.